The summed E-state index contributed by atoms with van der Waals surface area (Å²) in [4.78, 5) is 22.4. The van der Waals surface area contributed by atoms with E-state index < -0.39 is 24.7 Å². The zero-order valence-electron chi connectivity index (χ0n) is 19.5. The average Bonchev–Trinajstić information content (AvgIpc) is 2.89. The number of hydrogen-bond donors (Lipinski definition) is 3. The molecule has 3 aromatic rings. The third-order valence-electron chi connectivity index (χ3n) is 5.74. The summed E-state index contributed by atoms with van der Waals surface area (Å²) in [5.74, 6) is -0.873. The average molecular weight is 512 g/mol. The van der Waals surface area contributed by atoms with Crippen LogP contribution < -0.4 is 15.5 Å². The number of morpholine rings is 1. The number of anilines is 3. The molecule has 1 aromatic heterocycles. The van der Waals surface area contributed by atoms with Crippen molar-refractivity contribution in [3.63, 3.8) is 0 Å². The maximum absolute atomic E-state index is 13.4. The number of halogens is 3. The summed E-state index contributed by atoms with van der Waals surface area (Å²) in [6, 6.07) is 11.9. The maximum Gasteiger partial charge on any atom is 0.407 e. The molecule has 0 saturated carbocycles. The van der Waals surface area contributed by atoms with Gasteiger partial charge in [0.25, 0.3) is 0 Å². The van der Waals surface area contributed by atoms with Crippen molar-refractivity contribution in [3.8, 4) is 17.3 Å². The second-order valence-corrected chi connectivity index (χ2v) is 8.16. The topological polar surface area (TPSA) is 123 Å². The summed E-state index contributed by atoms with van der Waals surface area (Å²) in [7, 11) is 0. The Bertz CT molecular complexity index is 1290. The lowest BCUT2D eigenvalue weighted by molar-refractivity contribution is -0.157. The number of aromatic carboxylic acids is 1. The molecule has 192 valence electrons. The molecule has 1 unspecified atom stereocenters. The van der Waals surface area contributed by atoms with E-state index in [1.807, 2.05) is 4.90 Å². The third kappa shape index (κ3) is 6.32. The van der Waals surface area contributed by atoms with Crippen molar-refractivity contribution in [2.24, 2.45) is 0 Å². The van der Waals surface area contributed by atoms with Crippen LogP contribution in [-0.4, -0.2) is 60.1 Å². The zero-order chi connectivity index (χ0) is 26.4. The molecule has 0 bridgehead atoms. The van der Waals surface area contributed by atoms with Crippen molar-refractivity contribution in [1.82, 2.24) is 15.3 Å². The van der Waals surface area contributed by atoms with Crippen molar-refractivity contribution in [1.29, 1.82) is 5.26 Å². The molecule has 3 N–H and O–H groups in total. The minimum atomic E-state index is -4.56. The van der Waals surface area contributed by atoms with Crippen molar-refractivity contribution in [2.75, 3.05) is 43.1 Å². The predicted octanol–water partition coefficient (Wildman–Crippen LogP) is 4.14. The fraction of sp³-hybridized carbons (Fsp3) is 0.280. The fourth-order valence-corrected chi connectivity index (χ4v) is 3.99. The number of ether oxygens (including phenoxy) is 1. The Balaban J connectivity index is 1.54. The van der Waals surface area contributed by atoms with Crippen LogP contribution in [0.4, 0.5) is 30.5 Å². The van der Waals surface area contributed by atoms with Crippen LogP contribution in [-0.2, 0) is 4.74 Å². The van der Waals surface area contributed by atoms with Crippen LogP contribution in [0.25, 0.3) is 11.3 Å². The first kappa shape index (κ1) is 25.9. The van der Waals surface area contributed by atoms with Crippen LogP contribution in [0, 0.1) is 11.3 Å². The third-order valence-corrected chi connectivity index (χ3v) is 5.74. The number of benzene rings is 2. The van der Waals surface area contributed by atoms with Crippen LogP contribution >= 0.6 is 0 Å². The van der Waals surface area contributed by atoms with Gasteiger partial charge in [0, 0.05) is 30.5 Å². The number of nitrogens with zero attached hydrogens (tertiary/aromatic N) is 4. The predicted molar refractivity (Wildman–Crippen MR) is 130 cm³/mol. The minimum Gasteiger partial charge on any atom is -0.478 e. The van der Waals surface area contributed by atoms with Gasteiger partial charge in [-0.3, -0.25) is 5.32 Å². The molecule has 1 aliphatic rings. The number of aromatic nitrogens is 2. The molecule has 37 heavy (non-hydrogen) atoms. The van der Waals surface area contributed by atoms with Crippen LogP contribution in [0.1, 0.15) is 22.0 Å². The molecule has 12 heteroatoms. The smallest absolute Gasteiger partial charge is 0.407 e. The van der Waals surface area contributed by atoms with Gasteiger partial charge in [0.05, 0.1) is 42.8 Å². The first-order valence-corrected chi connectivity index (χ1v) is 11.3. The summed E-state index contributed by atoms with van der Waals surface area (Å²) >= 11 is 0. The van der Waals surface area contributed by atoms with Crippen molar-refractivity contribution in [2.45, 2.75) is 12.2 Å². The monoisotopic (exact) mass is 512 g/mol. The first-order valence-electron chi connectivity index (χ1n) is 11.3. The maximum atomic E-state index is 13.4. The van der Waals surface area contributed by atoms with Gasteiger partial charge in [0.2, 0.25) is 5.95 Å². The Morgan fingerprint density at radius 3 is 2.54 bits per heavy atom. The highest BCUT2D eigenvalue weighted by molar-refractivity contribution is 5.96. The van der Waals surface area contributed by atoms with Gasteiger partial charge in [-0.1, -0.05) is 24.3 Å². The number of carbonyl (C=O) groups is 1. The van der Waals surface area contributed by atoms with Gasteiger partial charge in [0.1, 0.15) is 6.04 Å². The van der Waals surface area contributed by atoms with E-state index in [1.54, 1.807) is 24.3 Å². The van der Waals surface area contributed by atoms with Crippen LogP contribution in [0.15, 0.2) is 54.7 Å². The molecule has 0 aliphatic carbocycles. The van der Waals surface area contributed by atoms with Gasteiger partial charge in [-0.05, 0) is 29.8 Å². The second kappa shape index (κ2) is 11.2. The number of hydrogen-bond acceptors (Lipinski definition) is 8. The van der Waals surface area contributed by atoms with Crippen LogP contribution in [0.3, 0.4) is 0 Å². The van der Waals surface area contributed by atoms with Gasteiger partial charge >= 0.3 is 12.1 Å². The molecule has 0 spiro atoms. The molecular formula is C25H23F3N6O3. The summed E-state index contributed by atoms with van der Waals surface area (Å²) in [6.07, 6.45) is -3.07. The van der Waals surface area contributed by atoms with E-state index in [1.165, 1.54) is 36.5 Å². The van der Waals surface area contributed by atoms with Gasteiger partial charge in [-0.15, -0.1) is 0 Å². The Morgan fingerprint density at radius 1 is 1.16 bits per heavy atom. The number of carboxylic acids is 1. The molecule has 4 rings (SSSR count). The van der Waals surface area contributed by atoms with E-state index in [0.717, 1.165) is 0 Å². The van der Waals surface area contributed by atoms with E-state index in [-0.39, 0.29) is 17.1 Å². The molecule has 0 radical (unpaired) electrons. The first-order chi connectivity index (χ1) is 17.8. The number of carboxylic acid groups (broad SMARTS) is 1. The highest BCUT2D eigenvalue weighted by Gasteiger charge is 2.40. The van der Waals surface area contributed by atoms with Gasteiger partial charge in [0.15, 0.2) is 0 Å². The van der Waals surface area contributed by atoms with Gasteiger partial charge in [-0.2, -0.15) is 18.4 Å². The lowest BCUT2D eigenvalue weighted by Crippen LogP contribution is -2.37. The highest BCUT2D eigenvalue weighted by Crippen LogP contribution is 2.33. The highest BCUT2D eigenvalue weighted by atomic mass is 19.4. The molecule has 2 heterocycles. The quantitative estimate of drug-likeness (QED) is 0.382. The second-order valence-electron chi connectivity index (χ2n) is 8.16. The summed E-state index contributed by atoms with van der Waals surface area (Å²) < 4.78 is 45.5. The van der Waals surface area contributed by atoms with Gasteiger partial charge < -0.3 is 20.1 Å². The van der Waals surface area contributed by atoms with Gasteiger partial charge in [-0.25, -0.2) is 14.8 Å². The van der Waals surface area contributed by atoms with E-state index >= 15 is 0 Å². The van der Waals surface area contributed by atoms with E-state index in [0.29, 0.717) is 48.9 Å². The Hall–Kier alpha value is -4.21. The molecule has 1 atom stereocenters. The summed E-state index contributed by atoms with van der Waals surface area (Å²) in [6.45, 7) is 1.79. The van der Waals surface area contributed by atoms with Crippen molar-refractivity contribution >= 4 is 23.3 Å². The Labute approximate surface area is 210 Å². The number of nitriles is 1. The number of alkyl halides is 3. The normalized spacial score (nSPS) is 14.6. The largest absolute Gasteiger partial charge is 0.478 e. The standard InChI is InChI=1S/C25H23F3N6O3/c26-25(27,28)22(30-10-8-29)17-3-1-16(2-4-17)20-7-9-31-24(33-20)32-18-5-6-21(19(15-18)23(35)36)34-11-13-37-14-12-34/h1-7,9,15,22,30H,10-14H2,(H,35,36)(H,31,32,33). The lowest BCUT2D eigenvalue weighted by atomic mass is 10.0. The minimum absolute atomic E-state index is 0.0273. The van der Waals surface area contributed by atoms with Crippen LogP contribution in [0.2, 0.25) is 0 Å². The summed E-state index contributed by atoms with van der Waals surface area (Å²) in [5, 5.41) is 23.5. The Kier molecular flexibility index (Phi) is 7.86. The molecule has 1 aliphatic heterocycles. The molecular weight excluding hydrogens is 489 g/mol. The van der Waals surface area contributed by atoms with Crippen molar-refractivity contribution < 1.29 is 27.8 Å². The van der Waals surface area contributed by atoms with E-state index in [4.69, 9.17) is 10.00 Å². The summed E-state index contributed by atoms with van der Waals surface area (Å²) in [5.41, 5.74) is 2.18. The van der Waals surface area contributed by atoms with Crippen molar-refractivity contribution in [3.05, 3.63) is 65.9 Å². The van der Waals surface area contributed by atoms with Crippen LogP contribution in [0.5, 0.6) is 0 Å². The molecule has 0 amide bonds. The number of rotatable bonds is 8. The molecule has 1 saturated heterocycles. The fourth-order valence-electron chi connectivity index (χ4n) is 3.99. The zero-order valence-corrected chi connectivity index (χ0v) is 19.5. The molecule has 1 fully saturated rings. The Morgan fingerprint density at radius 2 is 1.89 bits per heavy atom. The SMILES string of the molecule is N#CCNC(c1ccc(-c2ccnc(Nc3ccc(N4CCOCC4)c(C(=O)O)c3)n2)cc1)C(F)(F)F. The molecule has 9 nitrogen and oxygen atoms in total. The number of nitrogens with one attached hydrogen (secondary N) is 2. The van der Waals surface area contributed by atoms with E-state index in [2.05, 4.69) is 20.6 Å². The molecule has 2 aromatic carbocycles. The lowest BCUT2D eigenvalue weighted by Gasteiger charge is -2.30. The van der Waals surface area contributed by atoms with E-state index in [9.17, 15) is 23.1 Å².